The fourth-order valence-electron chi connectivity index (χ4n) is 11.4. The molecule has 0 heterocycles. The number of esters is 2. The zero-order valence-electron chi connectivity index (χ0n) is 35.9. The van der Waals surface area contributed by atoms with Gasteiger partial charge in [0.15, 0.2) is 0 Å². The van der Waals surface area contributed by atoms with Crippen LogP contribution in [0.15, 0.2) is 60.2 Å². The SMILES string of the molecule is CC[C@H](C)[C@H](Cl)C(=O)Oc1ccc(C#Cc2ccc(OCCCC(=O)O[C@H]3CC[C@@]4(C)C(=CC[C@H]5[C@@H]6CC[C@H]([C@H](C)CCCC(C)C)[C@@]6(C)CC[C@@H]54)C3)cc2)cc1. The molecule has 10 atom stereocenters. The van der Waals surface area contributed by atoms with Gasteiger partial charge in [-0.25, -0.2) is 0 Å². The predicted octanol–water partition coefficient (Wildman–Crippen LogP) is 12.8. The Balaban J connectivity index is 0.912. The Morgan fingerprint density at radius 2 is 1.53 bits per heavy atom. The molecule has 0 bridgehead atoms. The van der Waals surface area contributed by atoms with Crippen LogP contribution in [-0.4, -0.2) is 30.0 Å². The lowest BCUT2D eigenvalue weighted by atomic mass is 9.47. The number of benzene rings is 2. The van der Waals surface area contributed by atoms with Crippen LogP contribution in [0.2, 0.25) is 0 Å². The van der Waals surface area contributed by atoms with Crippen LogP contribution in [0.1, 0.15) is 149 Å². The van der Waals surface area contributed by atoms with Crippen LogP contribution < -0.4 is 9.47 Å². The largest absolute Gasteiger partial charge is 0.494 e. The molecule has 2 aromatic carbocycles. The summed E-state index contributed by atoms with van der Waals surface area (Å²) in [5.74, 6) is 12.0. The molecule has 0 aliphatic heterocycles. The van der Waals surface area contributed by atoms with Gasteiger partial charge in [-0.1, -0.05) is 97.6 Å². The molecule has 0 N–H and O–H groups in total. The third-order valence-electron chi connectivity index (χ3n) is 15.0. The van der Waals surface area contributed by atoms with Gasteiger partial charge in [0.25, 0.3) is 0 Å². The zero-order valence-corrected chi connectivity index (χ0v) is 36.7. The second kappa shape index (κ2) is 19.2. The number of hydrogen-bond acceptors (Lipinski definition) is 5. The van der Waals surface area contributed by atoms with Crippen molar-refractivity contribution < 1.29 is 23.8 Å². The standard InChI is InChI=1S/C51H69ClO5/c1-8-35(4)48(52)49(54)57-41-23-18-38(19-24-41)15-14-37-16-21-40(22-17-37)55-32-10-13-47(53)56-42-28-30-50(6)39(33-42)20-25-43-45-27-26-44(36(5)12-9-11-34(2)3)51(45,7)31-29-46(43)50/h16-24,34-36,42-46,48H,8-13,25-33H2,1-7H3/t35-,36+,42-,43-,44+,45-,46-,48-,50-,51+/m0/s1. The molecular formula is C51H69ClO5. The highest BCUT2D eigenvalue weighted by atomic mass is 35.5. The van der Waals surface area contributed by atoms with Crippen molar-refractivity contribution in [2.45, 2.75) is 150 Å². The molecule has 0 unspecified atom stereocenters. The van der Waals surface area contributed by atoms with Crippen molar-refractivity contribution in [3.63, 3.8) is 0 Å². The summed E-state index contributed by atoms with van der Waals surface area (Å²) in [7, 11) is 0. The first-order valence-electron chi connectivity index (χ1n) is 22.4. The molecule has 3 saturated carbocycles. The van der Waals surface area contributed by atoms with E-state index in [2.05, 4.69) is 52.5 Å². The van der Waals surface area contributed by atoms with Crippen LogP contribution in [0.4, 0.5) is 0 Å². The van der Waals surface area contributed by atoms with Gasteiger partial charge >= 0.3 is 11.9 Å². The maximum Gasteiger partial charge on any atom is 0.329 e. The van der Waals surface area contributed by atoms with Crippen LogP contribution in [0, 0.1) is 64.1 Å². The van der Waals surface area contributed by atoms with Crippen molar-refractivity contribution in [3.05, 3.63) is 71.3 Å². The van der Waals surface area contributed by atoms with E-state index >= 15 is 0 Å². The summed E-state index contributed by atoms with van der Waals surface area (Å²) in [5, 5.41) is -0.669. The normalized spacial score (nSPS) is 29.4. The molecular weight excluding hydrogens is 728 g/mol. The third-order valence-corrected chi connectivity index (χ3v) is 15.6. The van der Waals surface area contributed by atoms with Crippen molar-refractivity contribution in [1.29, 1.82) is 0 Å². The predicted molar refractivity (Wildman–Crippen MR) is 231 cm³/mol. The summed E-state index contributed by atoms with van der Waals surface area (Å²) in [4.78, 5) is 25.2. The van der Waals surface area contributed by atoms with Crippen molar-refractivity contribution in [2.75, 3.05) is 6.61 Å². The van der Waals surface area contributed by atoms with E-state index in [-0.39, 0.29) is 23.4 Å². The Morgan fingerprint density at radius 1 is 0.842 bits per heavy atom. The Hall–Kier alpha value is -3.23. The third kappa shape index (κ3) is 10.3. The molecule has 0 aromatic heterocycles. The van der Waals surface area contributed by atoms with Gasteiger partial charge in [0.05, 0.1) is 6.61 Å². The van der Waals surface area contributed by atoms with Crippen molar-refractivity contribution in [3.8, 4) is 23.3 Å². The number of hydrogen-bond donors (Lipinski definition) is 0. The van der Waals surface area contributed by atoms with Gasteiger partial charge in [0.2, 0.25) is 0 Å². The van der Waals surface area contributed by atoms with E-state index in [1.807, 2.05) is 50.2 Å². The second-order valence-electron chi connectivity index (χ2n) is 19.1. The summed E-state index contributed by atoms with van der Waals surface area (Å²) in [6.45, 7) is 16.9. The summed E-state index contributed by atoms with van der Waals surface area (Å²) in [5.41, 5.74) is 4.01. The molecule has 0 amide bonds. The van der Waals surface area contributed by atoms with E-state index in [0.29, 0.717) is 30.6 Å². The zero-order chi connectivity index (χ0) is 40.7. The van der Waals surface area contributed by atoms with E-state index in [1.165, 1.54) is 51.4 Å². The summed E-state index contributed by atoms with van der Waals surface area (Å²) in [6, 6.07) is 14.8. The molecule has 5 nitrogen and oxygen atoms in total. The van der Waals surface area contributed by atoms with E-state index in [1.54, 1.807) is 17.7 Å². The smallest absolute Gasteiger partial charge is 0.329 e. The van der Waals surface area contributed by atoms with Crippen molar-refractivity contribution in [1.82, 2.24) is 0 Å². The van der Waals surface area contributed by atoms with E-state index in [4.69, 9.17) is 25.8 Å². The second-order valence-corrected chi connectivity index (χ2v) is 19.6. The molecule has 4 aliphatic rings. The number of fused-ring (bicyclic) bond motifs is 5. The molecule has 57 heavy (non-hydrogen) atoms. The first-order chi connectivity index (χ1) is 27.3. The fourth-order valence-corrected chi connectivity index (χ4v) is 11.6. The summed E-state index contributed by atoms with van der Waals surface area (Å²) >= 11 is 6.21. The van der Waals surface area contributed by atoms with Crippen LogP contribution in [0.3, 0.4) is 0 Å². The average molecular weight is 798 g/mol. The lowest BCUT2D eigenvalue weighted by Crippen LogP contribution is -2.51. The van der Waals surface area contributed by atoms with Gasteiger partial charge in [-0.3, -0.25) is 9.59 Å². The quantitative estimate of drug-likeness (QED) is 0.0449. The van der Waals surface area contributed by atoms with Crippen molar-refractivity contribution >= 4 is 23.5 Å². The number of halogens is 1. The van der Waals surface area contributed by atoms with E-state index in [9.17, 15) is 9.59 Å². The monoisotopic (exact) mass is 796 g/mol. The van der Waals surface area contributed by atoms with E-state index in [0.717, 1.165) is 78.1 Å². The minimum atomic E-state index is -0.669. The highest BCUT2D eigenvalue weighted by Gasteiger charge is 2.59. The maximum atomic E-state index is 13.0. The Labute approximate surface area is 349 Å². The van der Waals surface area contributed by atoms with Gasteiger partial charge < -0.3 is 14.2 Å². The van der Waals surface area contributed by atoms with Gasteiger partial charge in [-0.15, -0.1) is 11.6 Å². The highest BCUT2D eigenvalue weighted by Crippen LogP contribution is 2.67. The van der Waals surface area contributed by atoms with Gasteiger partial charge in [-0.2, -0.15) is 0 Å². The molecule has 6 heteroatoms. The highest BCUT2D eigenvalue weighted by molar-refractivity contribution is 6.30. The number of allylic oxidation sites excluding steroid dienone is 1. The number of alkyl halides is 1. The summed E-state index contributed by atoms with van der Waals surface area (Å²) < 4.78 is 17.5. The average Bonchev–Trinajstić information content (AvgIpc) is 3.56. The fraction of sp³-hybridized carbons (Fsp3) is 0.647. The number of carbonyl (C=O) groups is 2. The molecule has 0 spiro atoms. The van der Waals surface area contributed by atoms with Crippen LogP contribution in [0.25, 0.3) is 0 Å². The van der Waals surface area contributed by atoms with Crippen LogP contribution >= 0.6 is 11.6 Å². The minimum absolute atomic E-state index is 0.00653. The molecule has 2 aromatic rings. The van der Waals surface area contributed by atoms with Gasteiger partial charge in [0.1, 0.15) is 23.0 Å². The molecule has 4 aliphatic carbocycles. The molecule has 310 valence electrons. The molecule has 6 rings (SSSR count). The number of carbonyl (C=O) groups excluding carboxylic acids is 2. The molecule has 3 fully saturated rings. The number of ether oxygens (including phenoxy) is 3. The molecule has 0 saturated heterocycles. The topological polar surface area (TPSA) is 61.8 Å². The Morgan fingerprint density at radius 3 is 2.19 bits per heavy atom. The number of rotatable bonds is 15. The van der Waals surface area contributed by atoms with Crippen LogP contribution in [0.5, 0.6) is 11.5 Å². The lowest BCUT2D eigenvalue weighted by molar-refractivity contribution is -0.151. The Bertz CT molecular complexity index is 1750. The van der Waals surface area contributed by atoms with E-state index < -0.39 is 11.3 Å². The minimum Gasteiger partial charge on any atom is -0.494 e. The molecule has 0 radical (unpaired) electrons. The van der Waals surface area contributed by atoms with Crippen molar-refractivity contribution in [2.24, 2.45) is 52.3 Å². The van der Waals surface area contributed by atoms with Gasteiger partial charge in [0, 0.05) is 24.0 Å². The lowest BCUT2D eigenvalue weighted by Gasteiger charge is -2.58. The van der Waals surface area contributed by atoms with Crippen LogP contribution in [-0.2, 0) is 14.3 Å². The Kier molecular flexibility index (Phi) is 14.6. The maximum absolute atomic E-state index is 13.0. The van der Waals surface area contributed by atoms with Gasteiger partial charge in [-0.05, 0) is 152 Å². The first kappa shape index (κ1) is 43.4. The summed E-state index contributed by atoms with van der Waals surface area (Å²) in [6.07, 6.45) is 18.4. The first-order valence-corrected chi connectivity index (χ1v) is 22.8.